The topological polar surface area (TPSA) is 30.2 Å². The molecule has 2 nitrogen and oxygen atoms in total. The number of hydrogen-bond acceptors (Lipinski definition) is 2. The fraction of sp³-hybridized carbons (Fsp3) is 0.300. The van der Waals surface area contributed by atoms with Crippen molar-refractivity contribution in [2.75, 3.05) is 0 Å². The van der Waals surface area contributed by atoms with E-state index in [1.165, 1.54) is 5.56 Å². The summed E-state index contributed by atoms with van der Waals surface area (Å²) in [6, 6.07) is 1.55. The van der Waals surface area contributed by atoms with Crippen molar-refractivity contribution in [1.29, 1.82) is 0 Å². The van der Waals surface area contributed by atoms with E-state index in [1.54, 1.807) is 6.07 Å². The lowest BCUT2D eigenvalue weighted by molar-refractivity contribution is 0.471. The van der Waals surface area contributed by atoms with Gasteiger partial charge in [0.1, 0.15) is 5.76 Å². The molecule has 0 aromatic carbocycles. The normalized spacial score (nSPS) is 14.4. The van der Waals surface area contributed by atoms with Crippen LogP contribution in [-0.2, 0) is 6.42 Å². The van der Waals surface area contributed by atoms with Crippen molar-refractivity contribution in [3.05, 3.63) is 39.4 Å². The Bertz CT molecular complexity index is 385. The Morgan fingerprint density at radius 3 is 3.17 bits per heavy atom. The summed E-state index contributed by atoms with van der Waals surface area (Å²) < 4.78 is 4.99. The molecule has 0 radical (unpaired) electrons. The summed E-state index contributed by atoms with van der Waals surface area (Å²) in [6.07, 6.45) is 6.10. The van der Waals surface area contributed by atoms with E-state index in [0.717, 1.165) is 24.2 Å². The quantitative estimate of drug-likeness (QED) is 0.583. The first-order valence-electron chi connectivity index (χ1n) is 4.07. The predicted molar refractivity (Wildman–Crippen MR) is 47.1 cm³/mol. The third kappa shape index (κ3) is 1.09. The van der Waals surface area contributed by atoms with Crippen LogP contribution in [0.25, 0.3) is 6.08 Å². The average molecular weight is 162 g/mol. The van der Waals surface area contributed by atoms with E-state index in [9.17, 15) is 4.79 Å². The molecule has 1 heterocycles. The molecule has 0 amide bonds. The number of allylic oxidation sites excluding steroid dienone is 1. The van der Waals surface area contributed by atoms with E-state index in [0.29, 0.717) is 0 Å². The molecule has 12 heavy (non-hydrogen) atoms. The van der Waals surface area contributed by atoms with Crippen molar-refractivity contribution in [1.82, 2.24) is 0 Å². The SMILES string of the molecule is Cc1oc(=O)cc2c1CCC=C2. The molecule has 0 spiro atoms. The van der Waals surface area contributed by atoms with Crippen LogP contribution in [0.4, 0.5) is 0 Å². The Hall–Kier alpha value is -1.31. The van der Waals surface area contributed by atoms with Gasteiger partial charge >= 0.3 is 5.63 Å². The molecule has 0 fully saturated rings. The maximum Gasteiger partial charge on any atom is 0.336 e. The first kappa shape index (κ1) is 7.35. The largest absolute Gasteiger partial charge is 0.428 e. The third-order valence-corrected chi connectivity index (χ3v) is 2.16. The molecule has 62 valence electrons. The van der Waals surface area contributed by atoms with Gasteiger partial charge in [0, 0.05) is 6.07 Å². The molecule has 0 saturated carbocycles. The van der Waals surface area contributed by atoms with Crippen molar-refractivity contribution in [3.8, 4) is 0 Å². The van der Waals surface area contributed by atoms with Crippen molar-refractivity contribution >= 4 is 6.08 Å². The fourth-order valence-electron chi connectivity index (χ4n) is 1.57. The number of fused-ring (bicyclic) bond motifs is 1. The highest BCUT2D eigenvalue weighted by Gasteiger charge is 2.09. The summed E-state index contributed by atoms with van der Waals surface area (Å²) in [4.78, 5) is 11.0. The van der Waals surface area contributed by atoms with Crippen molar-refractivity contribution < 1.29 is 4.42 Å². The molecule has 2 rings (SSSR count). The minimum atomic E-state index is -0.252. The molecular weight excluding hydrogens is 152 g/mol. The van der Waals surface area contributed by atoms with Crippen molar-refractivity contribution in [2.24, 2.45) is 0 Å². The van der Waals surface area contributed by atoms with Gasteiger partial charge in [0.15, 0.2) is 0 Å². The van der Waals surface area contributed by atoms with Crippen LogP contribution in [0.15, 0.2) is 21.4 Å². The zero-order valence-corrected chi connectivity index (χ0v) is 6.96. The molecule has 0 aliphatic heterocycles. The zero-order chi connectivity index (χ0) is 8.55. The van der Waals surface area contributed by atoms with E-state index in [2.05, 4.69) is 6.08 Å². The lowest BCUT2D eigenvalue weighted by atomic mass is 9.98. The molecule has 2 heteroatoms. The third-order valence-electron chi connectivity index (χ3n) is 2.16. The van der Waals surface area contributed by atoms with Crippen LogP contribution >= 0.6 is 0 Å². The second-order valence-electron chi connectivity index (χ2n) is 3.00. The Labute approximate surface area is 70.5 Å². The molecule has 0 unspecified atom stereocenters. The first-order chi connectivity index (χ1) is 5.77. The number of aryl methyl sites for hydroxylation is 1. The van der Waals surface area contributed by atoms with E-state index < -0.39 is 0 Å². The molecular formula is C10H10O2. The van der Waals surface area contributed by atoms with Crippen LogP contribution in [0.1, 0.15) is 23.3 Å². The van der Waals surface area contributed by atoms with Gasteiger partial charge < -0.3 is 4.42 Å². The second-order valence-corrected chi connectivity index (χ2v) is 3.00. The van der Waals surface area contributed by atoms with Crippen LogP contribution in [0.2, 0.25) is 0 Å². The van der Waals surface area contributed by atoms with E-state index in [1.807, 2.05) is 13.0 Å². The minimum absolute atomic E-state index is 0.252. The first-order valence-corrected chi connectivity index (χ1v) is 4.07. The minimum Gasteiger partial charge on any atom is -0.428 e. The summed E-state index contributed by atoms with van der Waals surface area (Å²) in [5.41, 5.74) is 1.95. The summed E-state index contributed by atoms with van der Waals surface area (Å²) in [5, 5.41) is 0. The maximum absolute atomic E-state index is 11.0. The standard InChI is InChI=1S/C10H10O2/c1-7-9-5-3-2-4-8(9)6-10(11)12-7/h2,4,6H,3,5H2,1H3. The fourth-order valence-corrected chi connectivity index (χ4v) is 1.57. The van der Waals surface area contributed by atoms with E-state index in [4.69, 9.17) is 4.42 Å². The van der Waals surface area contributed by atoms with Crippen molar-refractivity contribution in [3.63, 3.8) is 0 Å². The Morgan fingerprint density at radius 2 is 2.33 bits per heavy atom. The second kappa shape index (κ2) is 2.63. The van der Waals surface area contributed by atoms with Crippen LogP contribution in [0.3, 0.4) is 0 Å². The van der Waals surface area contributed by atoms with Gasteiger partial charge in [0.05, 0.1) is 0 Å². The van der Waals surface area contributed by atoms with Crippen LogP contribution in [-0.4, -0.2) is 0 Å². The molecule has 1 aliphatic rings. The van der Waals surface area contributed by atoms with Gasteiger partial charge in [0.25, 0.3) is 0 Å². The van der Waals surface area contributed by atoms with Crippen LogP contribution in [0, 0.1) is 6.92 Å². The van der Waals surface area contributed by atoms with E-state index in [-0.39, 0.29) is 5.63 Å². The molecule has 0 atom stereocenters. The maximum atomic E-state index is 11.0. The average Bonchev–Trinajstić information content (AvgIpc) is 2.04. The molecule has 0 saturated heterocycles. The smallest absolute Gasteiger partial charge is 0.336 e. The zero-order valence-electron chi connectivity index (χ0n) is 6.96. The van der Waals surface area contributed by atoms with Crippen LogP contribution in [0.5, 0.6) is 0 Å². The molecule has 0 N–H and O–H groups in total. The summed E-state index contributed by atoms with van der Waals surface area (Å²) in [5.74, 6) is 0.766. The van der Waals surface area contributed by atoms with E-state index >= 15 is 0 Å². The van der Waals surface area contributed by atoms with Gasteiger partial charge in [-0.15, -0.1) is 0 Å². The molecule has 0 bridgehead atoms. The Morgan fingerprint density at radius 1 is 1.50 bits per heavy atom. The summed E-state index contributed by atoms with van der Waals surface area (Å²) >= 11 is 0. The highest BCUT2D eigenvalue weighted by atomic mass is 16.4. The molecule has 1 aromatic rings. The van der Waals surface area contributed by atoms with Gasteiger partial charge in [-0.2, -0.15) is 0 Å². The number of rotatable bonds is 0. The molecule has 1 aliphatic carbocycles. The summed E-state index contributed by atoms with van der Waals surface area (Å²) in [6.45, 7) is 1.85. The Kier molecular flexibility index (Phi) is 1.61. The van der Waals surface area contributed by atoms with Gasteiger partial charge in [-0.05, 0) is 30.9 Å². The van der Waals surface area contributed by atoms with Crippen LogP contribution < -0.4 is 5.63 Å². The van der Waals surface area contributed by atoms with Gasteiger partial charge in [-0.1, -0.05) is 12.2 Å². The predicted octanol–water partition coefficient (Wildman–Crippen LogP) is 1.91. The van der Waals surface area contributed by atoms with Crippen molar-refractivity contribution in [2.45, 2.75) is 19.8 Å². The van der Waals surface area contributed by atoms with Gasteiger partial charge in [-0.25, -0.2) is 4.79 Å². The highest BCUT2D eigenvalue weighted by Crippen LogP contribution is 2.20. The monoisotopic (exact) mass is 162 g/mol. The van der Waals surface area contributed by atoms with Gasteiger partial charge in [-0.3, -0.25) is 0 Å². The summed E-state index contributed by atoms with van der Waals surface area (Å²) in [7, 11) is 0. The number of hydrogen-bond donors (Lipinski definition) is 0. The lowest BCUT2D eigenvalue weighted by Gasteiger charge is -2.10. The Balaban J connectivity index is 2.70. The molecule has 1 aromatic heterocycles. The highest BCUT2D eigenvalue weighted by molar-refractivity contribution is 5.56. The lowest BCUT2D eigenvalue weighted by Crippen LogP contribution is -2.06. The van der Waals surface area contributed by atoms with Gasteiger partial charge in [0.2, 0.25) is 0 Å².